The number of thiophene rings is 2. The van der Waals surface area contributed by atoms with Crippen molar-refractivity contribution in [3.8, 4) is 32.4 Å². The van der Waals surface area contributed by atoms with Gasteiger partial charge in [0.1, 0.15) is 22.7 Å². The maximum Gasteiger partial charge on any atom is 0.197 e. The number of fused-ring (bicyclic) bond motifs is 8. The minimum atomic E-state index is -1.21. The number of hydrogen-bond acceptors (Lipinski definition) is 8. The molecule has 0 spiro atoms. The predicted octanol–water partition coefficient (Wildman–Crippen LogP) is 9.88. The fraction of sp³-hybridized carbons (Fsp3) is 0.150. The third-order valence-electron chi connectivity index (χ3n) is 9.75. The van der Waals surface area contributed by atoms with Crippen LogP contribution in [-0.2, 0) is 11.2 Å². The number of Topliss-reactive ketones (excluding diaryl/α,β-unsaturated/α-hetero) is 4. The van der Waals surface area contributed by atoms with Gasteiger partial charge in [0.25, 0.3) is 0 Å². The van der Waals surface area contributed by atoms with Crippen molar-refractivity contribution in [3.63, 3.8) is 0 Å². The van der Waals surface area contributed by atoms with Crippen LogP contribution >= 0.6 is 22.7 Å². The Morgan fingerprint density at radius 1 is 0.481 bits per heavy atom. The Morgan fingerprint density at radius 2 is 0.788 bits per heavy atom. The minimum Gasteiger partial charge on any atom is -0.482 e. The number of benzene rings is 3. The quantitative estimate of drug-likeness (QED) is 0.102. The van der Waals surface area contributed by atoms with Crippen LogP contribution < -0.4 is 9.47 Å². The average Bonchev–Trinajstić information content (AvgIpc) is 3.81. The Balaban J connectivity index is 1.11. The van der Waals surface area contributed by atoms with Gasteiger partial charge in [-0.2, -0.15) is 0 Å². The molecule has 4 aliphatic rings. The predicted molar refractivity (Wildman–Crippen MR) is 186 cm³/mol. The van der Waals surface area contributed by atoms with E-state index in [1.54, 1.807) is 0 Å². The van der Waals surface area contributed by atoms with Crippen LogP contribution in [0.15, 0.2) is 59.7 Å². The first-order valence-electron chi connectivity index (χ1n) is 16.0. The summed E-state index contributed by atoms with van der Waals surface area (Å²) in [4.78, 5) is 55.2. The summed E-state index contributed by atoms with van der Waals surface area (Å²) in [7, 11) is 0. The largest absolute Gasteiger partial charge is 0.482 e. The van der Waals surface area contributed by atoms with Crippen LogP contribution in [0, 0.1) is 23.3 Å². The van der Waals surface area contributed by atoms with Crippen LogP contribution in [0.3, 0.4) is 0 Å². The van der Waals surface area contributed by atoms with E-state index in [-0.39, 0.29) is 33.4 Å². The highest BCUT2D eigenvalue weighted by Crippen LogP contribution is 2.56. The van der Waals surface area contributed by atoms with Crippen molar-refractivity contribution >= 4 is 58.0 Å². The summed E-state index contributed by atoms with van der Waals surface area (Å²) in [5, 5.41) is 0. The smallest absolute Gasteiger partial charge is 0.197 e. The molecule has 2 aromatic heterocycles. The third kappa shape index (κ3) is 4.53. The Kier molecular flexibility index (Phi) is 6.58. The second kappa shape index (κ2) is 10.5. The van der Waals surface area contributed by atoms with Gasteiger partial charge in [-0.05, 0) is 88.4 Å². The molecule has 2 aliphatic heterocycles. The molecule has 0 N–H and O–H groups in total. The van der Waals surface area contributed by atoms with Gasteiger partial charge in [-0.3, -0.25) is 19.2 Å². The van der Waals surface area contributed by atoms with Crippen LogP contribution in [0.1, 0.15) is 90.0 Å². The van der Waals surface area contributed by atoms with Crippen molar-refractivity contribution in [1.29, 1.82) is 0 Å². The Morgan fingerprint density at radius 3 is 1.10 bits per heavy atom. The van der Waals surface area contributed by atoms with E-state index in [1.807, 2.05) is 52.0 Å². The second-order valence-corrected chi connectivity index (χ2v) is 16.1. The highest BCUT2D eigenvalue weighted by Gasteiger charge is 2.41. The van der Waals surface area contributed by atoms with Crippen LogP contribution in [0.2, 0.25) is 0 Å². The first-order valence-corrected chi connectivity index (χ1v) is 17.6. The lowest BCUT2D eigenvalue weighted by atomic mass is 9.88. The van der Waals surface area contributed by atoms with E-state index in [0.717, 1.165) is 56.3 Å². The lowest BCUT2D eigenvalue weighted by Crippen LogP contribution is -2.30. The molecule has 9 rings (SSSR count). The fourth-order valence-electron chi connectivity index (χ4n) is 7.18. The van der Waals surface area contributed by atoms with Gasteiger partial charge in [-0.1, -0.05) is 0 Å². The van der Waals surface area contributed by atoms with E-state index >= 15 is 0 Å². The molecule has 0 fully saturated rings. The van der Waals surface area contributed by atoms with Crippen LogP contribution in [0.4, 0.5) is 17.6 Å². The van der Waals surface area contributed by atoms with Gasteiger partial charge in [-0.15, -0.1) is 22.7 Å². The van der Waals surface area contributed by atoms with E-state index < -0.39 is 57.6 Å². The molecule has 2 aliphatic carbocycles. The second-order valence-electron chi connectivity index (χ2n) is 13.9. The number of rotatable bonds is 2. The lowest BCUT2D eigenvalue weighted by molar-refractivity contribution is 0.0974. The highest BCUT2D eigenvalue weighted by molar-refractivity contribution is 7.17. The normalized spacial score (nSPS) is 17.2. The summed E-state index contributed by atoms with van der Waals surface area (Å²) in [6.45, 7) is 7.54. The van der Waals surface area contributed by atoms with Crippen molar-refractivity contribution in [1.82, 2.24) is 0 Å². The Bertz CT molecular complexity index is 2390. The van der Waals surface area contributed by atoms with E-state index in [1.165, 1.54) is 34.8 Å². The summed E-state index contributed by atoms with van der Waals surface area (Å²) >= 11 is 2.66. The molecule has 0 amide bonds. The number of carbonyl (C=O) groups excluding carboxylic acids is 4. The molecule has 0 radical (unpaired) electrons. The highest BCUT2D eigenvalue weighted by atomic mass is 32.1. The Hall–Kier alpha value is -5.46. The number of hydrogen-bond donors (Lipinski definition) is 0. The molecule has 0 saturated heterocycles. The van der Waals surface area contributed by atoms with Gasteiger partial charge in [0.05, 0.1) is 11.1 Å². The number of allylic oxidation sites excluding steroid dienone is 2. The number of halogens is 4. The topological polar surface area (TPSA) is 86.7 Å². The molecular weight excluding hydrogens is 717 g/mol. The van der Waals surface area contributed by atoms with Gasteiger partial charge < -0.3 is 9.47 Å². The van der Waals surface area contributed by atoms with Crippen molar-refractivity contribution in [3.05, 3.63) is 126 Å². The third-order valence-corrected chi connectivity index (χ3v) is 12.0. The van der Waals surface area contributed by atoms with E-state index in [0.29, 0.717) is 21.3 Å². The monoisotopic (exact) mass is 738 g/mol. The summed E-state index contributed by atoms with van der Waals surface area (Å²) in [6.07, 6.45) is 2.88. The van der Waals surface area contributed by atoms with Gasteiger partial charge in [-0.25, -0.2) is 17.6 Å². The van der Waals surface area contributed by atoms with Crippen LogP contribution in [0.25, 0.3) is 33.0 Å². The number of ketones is 4. The first-order chi connectivity index (χ1) is 24.5. The van der Waals surface area contributed by atoms with Crippen molar-refractivity contribution in [2.75, 3.05) is 0 Å². The first kappa shape index (κ1) is 32.4. The summed E-state index contributed by atoms with van der Waals surface area (Å²) < 4.78 is 68.7. The molecule has 0 saturated carbocycles. The minimum absolute atomic E-state index is 0.179. The van der Waals surface area contributed by atoms with Gasteiger partial charge >= 0.3 is 0 Å². The molecule has 12 heteroatoms. The Labute approximate surface area is 300 Å². The number of carbonyl (C=O) groups is 4. The average molecular weight is 739 g/mol. The van der Waals surface area contributed by atoms with E-state index in [9.17, 15) is 36.7 Å². The molecule has 4 heterocycles. The maximum atomic E-state index is 13.9. The molecule has 258 valence electrons. The molecule has 6 nitrogen and oxygen atoms in total. The molecular formula is C40H22F4O6S2. The zero-order valence-electron chi connectivity index (χ0n) is 27.6. The molecule has 0 unspecified atom stereocenters. The fourth-order valence-corrected chi connectivity index (χ4v) is 9.73. The van der Waals surface area contributed by atoms with Crippen molar-refractivity contribution < 1.29 is 46.2 Å². The van der Waals surface area contributed by atoms with Crippen molar-refractivity contribution in [2.24, 2.45) is 0 Å². The zero-order valence-corrected chi connectivity index (χ0v) is 29.2. The maximum absolute atomic E-state index is 13.9. The van der Waals surface area contributed by atoms with Crippen molar-refractivity contribution in [2.45, 2.75) is 38.9 Å². The SMILES string of the molecule is CC1(C)Oc2cc3c(cc2-c2sc(C=C4C(=O)c5cc(F)c(F)cc5C4=O)cc21)OC(C)(C)c1cc(C=C2C(=O)c4cc(F)c(F)cc4C2=O)sc1-3. The molecule has 0 atom stereocenters. The summed E-state index contributed by atoms with van der Waals surface area (Å²) in [5.74, 6) is -6.45. The van der Waals surface area contributed by atoms with Gasteiger partial charge in [0, 0.05) is 64.0 Å². The molecule has 0 bridgehead atoms. The standard InChI is InChI=1S/C40H22F4O6S2/c1-39(2)25-7-15(5-23-33(45)17-9-27(41)28(42)10-18(17)34(23)46)51-37(25)21-14-32-22(13-31(21)49-39)38-26(40(3,4)50-32)8-16(52-38)6-24-35(47)19-11-29(43)30(44)12-20(19)36(24)48/h5-14H,1-4H3. The van der Waals surface area contributed by atoms with Crippen LogP contribution in [-0.4, -0.2) is 23.1 Å². The summed E-state index contributed by atoms with van der Waals surface area (Å²) in [6, 6.07) is 10.4. The molecule has 52 heavy (non-hydrogen) atoms. The molecule has 3 aromatic carbocycles. The summed E-state index contributed by atoms with van der Waals surface area (Å²) in [5.41, 5.74) is 0.264. The van der Waals surface area contributed by atoms with Gasteiger partial charge in [0.2, 0.25) is 0 Å². The number of ether oxygens (including phenoxy) is 2. The lowest BCUT2D eigenvalue weighted by Gasteiger charge is -2.36. The van der Waals surface area contributed by atoms with E-state index in [4.69, 9.17) is 9.47 Å². The van der Waals surface area contributed by atoms with Crippen LogP contribution in [0.5, 0.6) is 11.5 Å². The van der Waals surface area contributed by atoms with Gasteiger partial charge in [0.15, 0.2) is 46.4 Å². The zero-order chi connectivity index (χ0) is 36.8. The molecule has 5 aromatic rings. The van der Waals surface area contributed by atoms with E-state index in [2.05, 4.69) is 0 Å².